The Labute approximate surface area is 111 Å². The summed E-state index contributed by atoms with van der Waals surface area (Å²) >= 11 is 0. The van der Waals surface area contributed by atoms with Crippen molar-refractivity contribution in [2.24, 2.45) is 5.16 Å². The lowest BCUT2D eigenvalue weighted by Gasteiger charge is -2.20. The minimum atomic E-state index is 0.563. The van der Waals surface area contributed by atoms with Gasteiger partial charge >= 0.3 is 0 Å². The second-order valence-corrected chi connectivity index (χ2v) is 4.36. The normalized spacial score (nSPS) is 12.9. The lowest BCUT2D eigenvalue weighted by Crippen LogP contribution is -2.16. The Kier molecular flexibility index (Phi) is 2.95. The summed E-state index contributed by atoms with van der Waals surface area (Å²) in [6.45, 7) is 5.24. The van der Waals surface area contributed by atoms with Crippen LogP contribution in [0.3, 0.4) is 0 Å². The first-order valence-electron chi connectivity index (χ1n) is 6.38. The third kappa shape index (κ3) is 1.97. The number of hydrogen-bond acceptors (Lipinski definition) is 4. The van der Waals surface area contributed by atoms with Crippen LogP contribution < -0.4 is 5.32 Å². The molecule has 0 unspecified atom stereocenters. The van der Waals surface area contributed by atoms with E-state index in [1.54, 1.807) is 6.21 Å². The van der Waals surface area contributed by atoms with E-state index < -0.39 is 0 Å². The molecule has 3 rings (SSSR count). The Balaban J connectivity index is 2.06. The summed E-state index contributed by atoms with van der Waals surface area (Å²) in [5.74, 6) is 0.995. The summed E-state index contributed by atoms with van der Waals surface area (Å²) in [7, 11) is 0. The molecule has 1 aromatic heterocycles. The molecule has 19 heavy (non-hydrogen) atoms. The number of para-hydroxylation sites is 2. The summed E-state index contributed by atoms with van der Waals surface area (Å²) in [6.07, 6.45) is 1.67. The zero-order chi connectivity index (χ0) is 13.2. The van der Waals surface area contributed by atoms with Crippen LogP contribution >= 0.6 is 0 Å². The molecule has 0 amide bonds. The van der Waals surface area contributed by atoms with Crippen molar-refractivity contribution in [3.05, 3.63) is 41.5 Å². The molecule has 1 aliphatic heterocycles. The van der Waals surface area contributed by atoms with Gasteiger partial charge in [-0.3, -0.25) is 4.57 Å². The Morgan fingerprint density at radius 1 is 1.47 bits per heavy atom. The second kappa shape index (κ2) is 4.76. The van der Waals surface area contributed by atoms with Gasteiger partial charge in [-0.25, -0.2) is 4.98 Å². The van der Waals surface area contributed by atoms with Gasteiger partial charge in [0.15, 0.2) is 0 Å². The highest BCUT2D eigenvalue weighted by atomic mass is 16.6. The lowest BCUT2D eigenvalue weighted by atomic mass is 10.2. The summed E-state index contributed by atoms with van der Waals surface area (Å²) in [5.41, 5.74) is 4.18. The Hall–Kier alpha value is -2.30. The van der Waals surface area contributed by atoms with Crippen LogP contribution in [-0.2, 0) is 11.4 Å². The fourth-order valence-electron chi connectivity index (χ4n) is 2.29. The molecule has 5 nitrogen and oxygen atoms in total. The van der Waals surface area contributed by atoms with Crippen LogP contribution in [0.15, 0.2) is 29.4 Å². The first kappa shape index (κ1) is 11.8. The van der Waals surface area contributed by atoms with E-state index in [2.05, 4.69) is 32.2 Å². The number of nitrogens with zero attached hydrogens (tertiary/aromatic N) is 3. The van der Waals surface area contributed by atoms with Crippen molar-refractivity contribution in [1.29, 1.82) is 0 Å². The summed E-state index contributed by atoms with van der Waals surface area (Å²) in [6, 6.07) is 8.22. The molecule has 1 aliphatic rings. The molecule has 0 radical (unpaired) electrons. The molecule has 0 spiro atoms. The van der Waals surface area contributed by atoms with E-state index in [4.69, 9.17) is 4.84 Å². The van der Waals surface area contributed by atoms with Crippen molar-refractivity contribution in [1.82, 2.24) is 9.55 Å². The predicted molar refractivity (Wildman–Crippen MR) is 74.8 cm³/mol. The number of benzene rings is 1. The summed E-state index contributed by atoms with van der Waals surface area (Å²) in [5, 5.41) is 7.27. The largest absolute Gasteiger partial charge is 0.396 e. The molecule has 1 aromatic carbocycles. The minimum absolute atomic E-state index is 0.563. The van der Waals surface area contributed by atoms with E-state index in [9.17, 15) is 0 Å². The van der Waals surface area contributed by atoms with Gasteiger partial charge in [0.2, 0.25) is 0 Å². The molecule has 2 aromatic rings. The van der Waals surface area contributed by atoms with Gasteiger partial charge in [0, 0.05) is 5.69 Å². The van der Waals surface area contributed by atoms with Gasteiger partial charge in [0.05, 0.1) is 24.1 Å². The van der Waals surface area contributed by atoms with Crippen molar-refractivity contribution >= 4 is 11.9 Å². The van der Waals surface area contributed by atoms with Crippen molar-refractivity contribution in [3.63, 3.8) is 0 Å². The number of imidazole rings is 1. The SMILES string of the molecule is CCON=Cc1nc2n(c1C)-c1ccccc1NC2. The number of fused-ring (bicyclic) bond motifs is 3. The van der Waals surface area contributed by atoms with Crippen molar-refractivity contribution < 1.29 is 4.84 Å². The van der Waals surface area contributed by atoms with Crippen LogP contribution in [0.25, 0.3) is 5.69 Å². The van der Waals surface area contributed by atoms with Gasteiger partial charge in [0.1, 0.15) is 18.1 Å². The van der Waals surface area contributed by atoms with E-state index >= 15 is 0 Å². The maximum Gasteiger partial charge on any atom is 0.133 e. The highest BCUT2D eigenvalue weighted by molar-refractivity contribution is 5.79. The van der Waals surface area contributed by atoms with Gasteiger partial charge in [-0.15, -0.1) is 0 Å². The first-order valence-corrected chi connectivity index (χ1v) is 6.38. The molecule has 5 heteroatoms. The first-order chi connectivity index (χ1) is 9.31. The van der Waals surface area contributed by atoms with Crippen molar-refractivity contribution in [2.75, 3.05) is 11.9 Å². The zero-order valence-electron chi connectivity index (χ0n) is 11.1. The molecule has 0 fully saturated rings. The quantitative estimate of drug-likeness (QED) is 0.678. The summed E-state index contributed by atoms with van der Waals surface area (Å²) in [4.78, 5) is 9.59. The molecular weight excluding hydrogens is 240 g/mol. The molecule has 0 atom stereocenters. The van der Waals surface area contributed by atoms with E-state index in [0.29, 0.717) is 6.61 Å². The van der Waals surface area contributed by atoms with Crippen LogP contribution in [0, 0.1) is 6.92 Å². The van der Waals surface area contributed by atoms with E-state index in [1.165, 1.54) is 0 Å². The van der Waals surface area contributed by atoms with Gasteiger partial charge in [-0.2, -0.15) is 0 Å². The fraction of sp³-hybridized carbons (Fsp3) is 0.286. The number of nitrogens with one attached hydrogen (secondary N) is 1. The average molecular weight is 256 g/mol. The smallest absolute Gasteiger partial charge is 0.133 e. The average Bonchev–Trinajstić information content (AvgIpc) is 2.76. The maximum atomic E-state index is 5.00. The second-order valence-electron chi connectivity index (χ2n) is 4.36. The Morgan fingerprint density at radius 3 is 3.16 bits per heavy atom. The topological polar surface area (TPSA) is 51.4 Å². The number of rotatable bonds is 3. The van der Waals surface area contributed by atoms with Crippen LogP contribution in [0.4, 0.5) is 5.69 Å². The van der Waals surface area contributed by atoms with Crippen LogP contribution in [0.1, 0.15) is 24.1 Å². The third-order valence-corrected chi connectivity index (χ3v) is 3.17. The van der Waals surface area contributed by atoms with Gasteiger partial charge < -0.3 is 10.2 Å². The predicted octanol–water partition coefficient (Wildman–Crippen LogP) is 2.48. The Morgan fingerprint density at radius 2 is 2.32 bits per heavy atom. The van der Waals surface area contributed by atoms with E-state index in [1.807, 2.05) is 26.0 Å². The highest BCUT2D eigenvalue weighted by Crippen LogP contribution is 2.28. The fourth-order valence-corrected chi connectivity index (χ4v) is 2.29. The van der Waals surface area contributed by atoms with Gasteiger partial charge in [0.25, 0.3) is 0 Å². The van der Waals surface area contributed by atoms with Gasteiger partial charge in [-0.1, -0.05) is 17.3 Å². The minimum Gasteiger partial charge on any atom is -0.396 e. The molecule has 98 valence electrons. The van der Waals surface area contributed by atoms with Crippen LogP contribution in [-0.4, -0.2) is 22.4 Å². The third-order valence-electron chi connectivity index (χ3n) is 3.17. The molecule has 0 aliphatic carbocycles. The lowest BCUT2D eigenvalue weighted by molar-refractivity contribution is 0.160. The number of anilines is 1. The van der Waals surface area contributed by atoms with Crippen LogP contribution in [0.5, 0.6) is 0 Å². The van der Waals surface area contributed by atoms with E-state index in [-0.39, 0.29) is 0 Å². The standard InChI is InChI=1S/C14H16N4O/c1-3-19-16-8-12-10(2)18-13-7-5-4-6-11(13)15-9-14(18)17-12/h4-8,15H,3,9H2,1-2H3. The molecular formula is C14H16N4O. The zero-order valence-corrected chi connectivity index (χ0v) is 11.1. The number of aromatic nitrogens is 2. The summed E-state index contributed by atoms with van der Waals surface area (Å²) < 4.78 is 2.17. The number of hydrogen-bond donors (Lipinski definition) is 1. The maximum absolute atomic E-state index is 5.00. The monoisotopic (exact) mass is 256 g/mol. The number of oxime groups is 1. The molecule has 2 heterocycles. The van der Waals surface area contributed by atoms with Crippen molar-refractivity contribution in [2.45, 2.75) is 20.4 Å². The van der Waals surface area contributed by atoms with Crippen molar-refractivity contribution in [3.8, 4) is 5.69 Å². The van der Waals surface area contributed by atoms with E-state index in [0.717, 1.165) is 35.1 Å². The van der Waals surface area contributed by atoms with Gasteiger partial charge in [-0.05, 0) is 26.0 Å². The van der Waals surface area contributed by atoms with Crippen LogP contribution in [0.2, 0.25) is 0 Å². The molecule has 1 N–H and O–H groups in total. The highest BCUT2D eigenvalue weighted by Gasteiger charge is 2.20. The molecule has 0 saturated heterocycles. The molecule has 0 saturated carbocycles. The molecule has 0 bridgehead atoms. The Bertz CT molecular complexity index is 630.